The van der Waals surface area contributed by atoms with Crippen LogP contribution in [0.3, 0.4) is 0 Å². The van der Waals surface area contributed by atoms with Crippen LogP contribution >= 0.6 is 11.3 Å². The van der Waals surface area contributed by atoms with Crippen molar-refractivity contribution in [2.24, 2.45) is 5.14 Å². The summed E-state index contributed by atoms with van der Waals surface area (Å²) < 4.78 is 49.0. The average molecular weight is 339 g/mol. The summed E-state index contributed by atoms with van der Waals surface area (Å²) in [4.78, 5) is 0. The molecule has 1 aromatic heterocycles. The van der Waals surface area contributed by atoms with E-state index in [0.29, 0.717) is 36.5 Å². The van der Waals surface area contributed by atoms with Crippen LogP contribution in [-0.2, 0) is 20.0 Å². The van der Waals surface area contributed by atoms with Gasteiger partial charge in [-0.05, 0) is 12.6 Å². The molecular formula is C10H17N3O4S3. The molecule has 1 unspecified atom stereocenters. The average Bonchev–Trinajstić information content (AvgIpc) is 2.78. The first kappa shape index (κ1) is 15.9. The van der Waals surface area contributed by atoms with Crippen molar-refractivity contribution >= 4 is 31.4 Å². The van der Waals surface area contributed by atoms with Crippen LogP contribution in [0, 0.1) is 0 Å². The number of hydrogen-bond donors (Lipinski definition) is 2. The lowest BCUT2D eigenvalue weighted by Crippen LogP contribution is -2.43. The zero-order chi connectivity index (χ0) is 15.1. The highest BCUT2D eigenvalue weighted by atomic mass is 32.3. The van der Waals surface area contributed by atoms with Gasteiger partial charge in [-0.3, -0.25) is 0 Å². The number of nitrogens with zero attached hydrogens (tertiary/aromatic N) is 1. The summed E-state index contributed by atoms with van der Waals surface area (Å²) in [6.45, 7) is 4.95. The first-order chi connectivity index (χ1) is 9.21. The second-order valence-electron chi connectivity index (χ2n) is 4.42. The van der Waals surface area contributed by atoms with Crippen molar-refractivity contribution in [3.8, 4) is 0 Å². The van der Waals surface area contributed by atoms with Crippen LogP contribution in [0.5, 0.6) is 0 Å². The Morgan fingerprint density at radius 3 is 2.65 bits per heavy atom. The number of sulfonamides is 2. The Morgan fingerprint density at radius 1 is 1.50 bits per heavy atom. The van der Waals surface area contributed by atoms with E-state index in [-0.39, 0.29) is 14.5 Å². The standard InChI is InChI=1S/C10H17N3O4S3/c1-3-12-8-6-13(4-2)20(16,17)10-7(8)5-9(18-10)19(11,14)15/h5,8,12H,3-4,6H2,1-2H3,(H2,11,14,15). The van der Waals surface area contributed by atoms with Crippen molar-refractivity contribution in [1.82, 2.24) is 9.62 Å². The minimum atomic E-state index is -3.90. The van der Waals surface area contributed by atoms with Crippen molar-refractivity contribution in [2.75, 3.05) is 19.6 Å². The van der Waals surface area contributed by atoms with Gasteiger partial charge in [0.1, 0.15) is 8.42 Å². The molecular weight excluding hydrogens is 322 g/mol. The summed E-state index contributed by atoms with van der Waals surface area (Å²) in [5.41, 5.74) is 0.491. The fourth-order valence-electron chi connectivity index (χ4n) is 2.19. The lowest BCUT2D eigenvalue weighted by molar-refractivity contribution is 0.355. The molecule has 0 saturated carbocycles. The van der Waals surface area contributed by atoms with E-state index in [1.807, 2.05) is 6.92 Å². The van der Waals surface area contributed by atoms with Crippen LogP contribution in [0.1, 0.15) is 25.5 Å². The number of nitrogens with two attached hydrogens (primary N) is 1. The Hall–Kier alpha value is -0.520. The van der Waals surface area contributed by atoms with E-state index in [4.69, 9.17) is 5.14 Å². The van der Waals surface area contributed by atoms with E-state index in [0.717, 1.165) is 0 Å². The van der Waals surface area contributed by atoms with Gasteiger partial charge in [-0.1, -0.05) is 13.8 Å². The summed E-state index contributed by atoms with van der Waals surface area (Å²) in [6, 6.07) is 1.15. The van der Waals surface area contributed by atoms with Crippen LogP contribution in [0.4, 0.5) is 0 Å². The zero-order valence-electron chi connectivity index (χ0n) is 11.2. The molecule has 0 amide bonds. The molecule has 114 valence electrons. The SMILES string of the molecule is CCNC1CN(CC)S(=O)(=O)c2sc(S(N)(=O)=O)cc21. The maximum absolute atomic E-state index is 12.4. The second kappa shape index (κ2) is 5.35. The predicted octanol–water partition coefficient (Wildman–Crippen LogP) is 0.0703. The van der Waals surface area contributed by atoms with Gasteiger partial charge < -0.3 is 5.32 Å². The minimum Gasteiger partial charge on any atom is -0.309 e. The molecule has 0 aliphatic carbocycles. The third kappa shape index (κ3) is 2.63. The topological polar surface area (TPSA) is 110 Å². The van der Waals surface area contributed by atoms with Gasteiger partial charge in [-0.15, -0.1) is 11.3 Å². The Labute approximate surface area is 122 Å². The van der Waals surface area contributed by atoms with E-state index in [9.17, 15) is 16.8 Å². The van der Waals surface area contributed by atoms with Gasteiger partial charge >= 0.3 is 0 Å². The lowest BCUT2D eigenvalue weighted by atomic mass is 10.1. The summed E-state index contributed by atoms with van der Waals surface area (Å²) in [5, 5.41) is 8.27. The highest BCUT2D eigenvalue weighted by Crippen LogP contribution is 2.39. The Balaban J connectivity index is 2.64. The van der Waals surface area contributed by atoms with Gasteiger partial charge in [0.2, 0.25) is 10.0 Å². The number of nitrogens with one attached hydrogen (secondary N) is 1. The molecule has 1 aromatic rings. The fourth-order valence-corrected chi connectivity index (χ4v) is 6.46. The molecule has 0 fully saturated rings. The van der Waals surface area contributed by atoms with E-state index in [1.54, 1.807) is 6.92 Å². The maximum Gasteiger partial charge on any atom is 0.252 e. The molecule has 0 spiro atoms. The molecule has 20 heavy (non-hydrogen) atoms. The number of rotatable bonds is 4. The van der Waals surface area contributed by atoms with Gasteiger partial charge in [0, 0.05) is 24.7 Å². The molecule has 0 radical (unpaired) electrons. The molecule has 10 heteroatoms. The van der Waals surface area contributed by atoms with Crippen LogP contribution in [0.15, 0.2) is 14.5 Å². The van der Waals surface area contributed by atoms with Crippen LogP contribution in [0.2, 0.25) is 0 Å². The number of hydrogen-bond acceptors (Lipinski definition) is 6. The minimum absolute atomic E-state index is 0.0700. The number of thiophene rings is 1. The molecule has 7 nitrogen and oxygen atoms in total. The normalized spacial score (nSPS) is 22.6. The van der Waals surface area contributed by atoms with E-state index >= 15 is 0 Å². The monoisotopic (exact) mass is 339 g/mol. The van der Waals surface area contributed by atoms with Crippen molar-refractivity contribution in [2.45, 2.75) is 28.3 Å². The largest absolute Gasteiger partial charge is 0.309 e. The number of likely N-dealkylation sites (N-methyl/N-ethyl adjacent to an activating group) is 2. The number of fused-ring (bicyclic) bond motifs is 1. The first-order valence-electron chi connectivity index (χ1n) is 6.11. The van der Waals surface area contributed by atoms with E-state index < -0.39 is 20.0 Å². The molecule has 1 aliphatic heterocycles. The Bertz CT molecular complexity index is 708. The molecule has 3 N–H and O–H groups in total. The van der Waals surface area contributed by atoms with Crippen molar-refractivity contribution in [1.29, 1.82) is 0 Å². The summed E-state index contributed by atoms with van der Waals surface area (Å²) >= 11 is 0.715. The summed E-state index contributed by atoms with van der Waals surface area (Å²) in [5.74, 6) is 0. The van der Waals surface area contributed by atoms with Crippen LogP contribution in [0.25, 0.3) is 0 Å². The quantitative estimate of drug-likeness (QED) is 0.807. The molecule has 0 saturated heterocycles. The molecule has 0 aromatic carbocycles. The summed E-state index contributed by atoms with van der Waals surface area (Å²) in [6.07, 6.45) is 0. The fraction of sp³-hybridized carbons (Fsp3) is 0.600. The van der Waals surface area contributed by atoms with E-state index in [1.165, 1.54) is 10.4 Å². The third-order valence-corrected chi connectivity index (χ3v) is 8.16. The van der Waals surface area contributed by atoms with Gasteiger partial charge in [0.25, 0.3) is 10.0 Å². The summed E-state index contributed by atoms with van der Waals surface area (Å²) in [7, 11) is -7.53. The van der Waals surface area contributed by atoms with Crippen molar-refractivity contribution in [3.63, 3.8) is 0 Å². The lowest BCUT2D eigenvalue weighted by Gasteiger charge is -2.31. The molecule has 1 aliphatic rings. The Kier molecular flexibility index (Phi) is 4.24. The maximum atomic E-state index is 12.4. The van der Waals surface area contributed by atoms with Crippen LogP contribution in [-0.4, -0.2) is 40.8 Å². The van der Waals surface area contributed by atoms with Gasteiger partial charge in [0.05, 0.1) is 0 Å². The van der Waals surface area contributed by atoms with Gasteiger partial charge in [-0.2, -0.15) is 4.31 Å². The Morgan fingerprint density at radius 2 is 2.15 bits per heavy atom. The predicted molar refractivity (Wildman–Crippen MR) is 76.5 cm³/mol. The highest BCUT2D eigenvalue weighted by molar-refractivity contribution is 7.94. The molecule has 1 atom stereocenters. The van der Waals surface area contributed by atoms with Crippen molar-refractivity contribution < 1.29 is 16.8 Å². The molecule has 0 bridgehead atoms. The molecule has 2 rings (SSSR count). The van der Waals surface area contributed by atoms with Crippen LogP contribution < -0.4 is 10.5 Å². The van der Waals surface area contributed by atoms with E-state index in [2.05, 4.69) is 5.32 Å². The third-order valence-electron chi connectivity index (χ3n) is 3.12. The second-order valence-corrected chi connectivity index (χ2v) is 9.39. The highest BCUT2D eigenvalue weighted by Gasteiger charge is 2.38. The molecule has 2 heterocycles. The number of primary sulfonamides is 1. The first-order valence-corrected chi connectivity index (χ1v) is 9.92. The van der Waals surface area contributed by atoms with Gasteiger partial charge in [0.15, 0.2) is 0 Å². The smallest absolute Gasteiger partial charge is 0.252 e. The van der Waals surface area contributed by atoms with Crippen molar-refractivity contribution in [3.05, 3.63) is 11.6 Å². The zero-order valence-corrected chi connectivity index (χ0v) is 13.6. The van der Waals surface area contributed by atoms with Gasteiger partial charge in [-0.25, -0.2) is 22.0 Å².